The Bertz CT molecular complexity index is 839. The first-order chi connectivity index (χ1) is 12.2. The maximum Gasteiger partial charge on any atom is 0.252 e. The Hall–Kier alpha value is -3.13. The van der Waals surface area contributed by atoms with E-state index < -0.39 is 0 Å². The minimum atomic E-state index is -0.0774. The van der Waals surface area contributed by atoms with Crippen LogP contribution in [0.2, 0.25) is 0 Å². The van der Waals surface area contributed by atoms with Gasteiger partial charge < -0.3 is 5.32 Å². The third-order valence-electron chi connectivity index (χ3n) is 4.09. The highest BCUT2D eigenvalue weighted by Crippen LogP contribution is 2.20. The molecule has 3 aromatic rings. The van der Waals surface area contributed by atoms with Crippen molar-refractivity contribution in [3.05, 3.63) is 108 Å². The molecule has 3 rings (SSSR count). The zero-order valence-electron chi connectivity index (χ0n) is 14.2. The smallest absolute Gasteiger partial charge is 0.252 e. The summed E-state index contributed by atoms with van der Waals surface area (Å²) < 4.78 is 0. The quantitative estimate of drug-likeness (QED) is 0.512. The standard InChI is InChI=1S/C23H21NO/c1-18(20-13-7-3-8-14-20)24-23(25)22(21-15-9-4-10-16-21)17-19-11-5-2-6-12-19/h2-18H,1H3,(H,24,25)/b22-17-. The normalized spacial score (nSPS) is 12.4. The van der Waals surface area contributed by atoms with Gasteiger partial charge in [0.15, 0.2) is 0 Å². The van der Waals surface area contributed by atoms with Crippen LogP contribution < -0.4 is 5.32 Å². The summed E-state index contributed by atoms with van der Waals surface area (Å²) >= 11 is 0. The highest BCUT2D eigenvalue weighted by Gasteiger charge is 2.15. The molecule has 1 amide bonds. The summed E-state index contributed by atoms with van der Waals surface area (Å²) in [6.07, 6.45) is 1.93. The molecule has 124 valence electrons. The van der Waals surface area contributed by atoms with Crippen molar-refractivity contribution < 1.29 is 4.79 Å². The lowest BCUT2D eigenvalue weighted by Gasteiger charge is -2.16. The van der Waals surface area contributed by atoms with E-state index in [0.29, 0.717) is 5.57 Å². The Labute approximate surface area is 148 Å². The molecule has 0 bridgehead atoms. The summed E-state index contributed by atoms with van der Waals surface area (Å²) in [7, 11) is 0. The van der Waals surface area contributed by atoms with Crippen molar-refractivity contribution in [2.45, 2.75) is 13.0 Å². The average Bonchev–Trinajstić information content (AvgIpc) is 2.68. The Morgan fingerprint density at radius 3 is 1.92 bits per heavy atom. The first kappa shape index (κ1) is 16.7. The van der Waals surface area contributed by atoms with Crippen LogP contribution in [-0.4, -0.2) is 5.91 Å². The number of carbonyl (C=O) groups excluding carboxylic acids is 1. The fourth-order valence-electron chi connectivity index (χ4n) is 2.71. The van der Waals surface area contributed by atoms with Crippen LogP contribution >= 0.6 is 0 Å². The van der Waals surface area contributed by atoms with Gasteiger partial charge >= 0.3 is 0 Å². The van der Waals surface area contributed by atoms with E-state index in [-0.39, 0.29) is 11.9 Å². The van der Waals surface area contributed by atoms with Crippen molar-refractivity contribution in [1.82, 2.24) is 5.32 Å². The molecule has 3 aromatic carbocycles. The number of hydrogen-bond donors (Lipinski definition) is 1. The molecule has 0 aromatic heterocycles. The Balaban J connectivity index is 1.89. The topological polar surface area (TPSA) is 29.1 Å². The molecule has 2 heteroatoms. The summed E-state index contributed by atoms with van der Waals surface area (Å²) in [6.45, 7) is 2.00. The van der Waals surface area contributed by atoms with E-state index in [0.717, 1.165) is 16.7 Å². The predicted molar refractivity (Wildman–Crippen MR) is 104 cm³/mol. The summed E-state index contributed by atoms with van der Waals surface area (Å²) in [5, 5.41) is 3.11. The van der Waals surface area contributed by atoms with E-state index in [1.54, 1.807) is 0 Å². The van der Waals surface area contributed by atoms with E-state index >= 15 is 0 Å². The van der Waals surface area contributed by atoms with Gasteiger partial charge in [0.2, 0.25) is 0 Å². The fraction of sp³-hybridized carbons (Fsp3) is 0.0870. The molecule has 1 N–H and O–H groups in total. The van der Waals surface area contributed by atoms with Gasteiger partial charge in [-0.1, -0.05) is 91.0 Å². The van der Waals surface area contributed by atoms with Crippen LogP contribution in [0.4, 0.5) is 0 Å². The molecule has 25 heavy (non-hydrogen) atoms. The molecular formula is C23H21NO. The second-order valence-corrected chi connectivity index (χ2v) is 5.94. The van der Waals surface area contributed by atoms with E-state index in [4.69, 9.17) is 0 Å². The van der Waals surface area contributed by atoms with Crippen molar-refractivity contribution in [1.29, 1.82) is 0 Å². The molecule has 0 radical (unpaired) electrons. The number of benzene rings is 3. The molecule has 0 saturated heterocycles. The Kier molecular flexibility index (Phi) is 5.43. The molecule has 0 aliphatic heterocycles. The molecule has 0 aliphatic rings. The lowest BCUT2D eigenvalue weighted by molar-refractivity contribution is -0.116. The highest BCUT2D eigenvalue weighted by atomic mass is 16.1. The maximum atomic E-state index is 13.0. The van der Waals surface area contributed by atoms with E-state index in [1.165, 1.54) is 0 Å². The molecule has 0 heterocycles. The van der Waals surface area contributed by atoms with Gasteiger partial charge in [0.25, 0.3) is 5.91 Å². The predicted octanol–water partition coefficient (Wildman–Crippen LogP) is 5.10. The minimum absolute atomic E-state index is 0.0587. The Morgan fingerprint density at radius 2 is 1.32 bits per heavy atom. The average molecular weight is 327 g/mol. The third-order valence-corrected chi connectivity index (χ3v) is 4.09. The van der Waals surface area contributed by atoms with Crippen molar-refractivity contribution in [2.24, 2.45) is 0 Å². The molecule has 0 saturated carbocycles. The zero-order chi connectivity index (χ0) is 17.5. The van der Waals surface area contributed by atoms with Gasteiger partial charge in [0.1, 0.15) is 0 Å². The van der Waals surface area contributed by atoms with Crippen LogP contribution in [-0.2, 0) is 4.79 Å². The highest BCUT2D eigenvalue weighted by molar-refractivity contribution is 6.24. The first-order valence-corrected chi connectivity index (χ1v) is 8.42. The molecule has 0 aliphatic carbocycles. The number of amides is 1. The van der Waals surface area contributed by atoms with Gasteiger partial charge in [-0.15, -0.1) is 0 Å². The second-order valence-electron chi connectivity index (χ2n) is 5.94. The van der Waals surface area contributed by atoms with Crippen LogP contribution in [0.15, 0.2) is 91.0 Å². The van der Waals surface area contributed by atoms with Gasteiger partial charge in [0, 0.05) is 5.57 Å². The van der Waals surface area contributed by atoms with Gasteiger partial charge in [-0.05, 0) is 29.7 Å². The van der Waals surface area contributed by atoms with Crippen LogP contribution in [0.25, 0.3) is 11.6 Å². The Morgan fingerprint density at radius 1 is 0.800 bits per heavy atom. The fourth-order valence-corrected chi connectivity index (χ4v) is 2.71. The van der Waals surface area contributed by atoms with Crippen molar-refractivity contribution in [3.8, 4) is 0 Å². The molecule has 1 atom stereocenters. The monoisotopic (exact) mass is 327 g/mol. The molecular weight excluding hydrogens is 306 g/mol. The van der Waals surface area contributed by atoms with Gasteiger partial charge in [-0.25, -0.2) is 0 Å². The van der Waals surface area contributed by atoms with Crippen LogP contribution in [0.5, 0.6) is 0 Å². The lowest BCUT2D eigenvalue weighted by Crippen LogP contribution is -2.27. The minimum Gasteiger partial charge on any atom is -0.345 e. The summed E-state index contributed by atoms with van der Waals surface area (Å²) in [6, 6.07) is 29.6. The summed E-state index contributed by atoms with van der Waals surface area (Å²) in [5.41, 5.74) is 3.66. The largest absolute Gasteiger partial charge is 0.345 e. The van der Waals surface area contributed by atoms with Crippen LogP contribution in [0.1, 0.15) is 29.7 Å². The van der Waals surface area contributed by atoms with E-state index in [2.05, 4.69) is 5.32 Å². The zero-order valence-corrected chi connectivity index (χ0v) is 14.2. The van der Waals surface area contributed by atoms with Gasteiger partial charge in [0.05, 0.1) is 6.04 Å². The number of rotatable bonds is 5. The van der Waals surface area contributed by atoms with Crippen LogP contribution in [0, 0.1) is 0 Å². The SMILES string of the molecule is CC(NC(=O)/C(=C\c1ccccc1)c1ccccc1)c1ccccc1. The first-order valence-electron chi connectivity index (χ1n) is 8.42. The summed E-state index contributed by atoms with van der Waals surface area (Å²) in [5.74, 6) is -0.0774. The molecule has 1 unspecified atom stereocenters. The number of hydrogen-bond acceptors (Lipinski definition) is 1. The lowest BCUT2D eigenvalue weighted by atomic mass is 10.0. The van der Waals surface area contributed by atoms with E-state index in [1.807, 2.05) is 104 Å². The number of carbonyl (C=O) groups is 1. The molecule has 2 nitrogen and oxygen atoms in total. The van der Waals surface area contributed by atoms with Gasteiger partial charge in [-0.2, -0.15) is 0 Å². The maximum absolute atomic E-state index is 13.0. The summed E-state index contributed by atoms with van der Waals surface area (Å²) in [4.78, 5) is 13.0. The van der Waals surface area contributed by atoms with Crippen molar-refractivity contribution >= 4 is 17.6 Å². The second kappa shape index (κ2) is 8.11. The van der Waals surface area contributed by atoms with Crippen molar-refractivity contribution in [3.63, 3.8) is 0 Å². The van der Waals surface area contributed by atoms with Crippen molar-refractivity contribution in [2.75, 3.05) is 0 Å². The molecule has 0 fully saturated rings. The third kappa shape index (κ3) is 4.45. The van der Waals surface area contributed by atoms with E-state index in [9.17, 15) is 4.79 Å². The van der Waals surface area contributed by atoms with Crippen LogP contribution in [0.3, 0.4) is 0 Å². The number of nitrogens with one attached hydrogen (secondary N) is 1. The molecule has 0 spiro atoms. The van der Waals surface area contributed by atoms with Gasteiger partial charge in [-0.3, -0.25) is 4.79 Å².